The molecule has 0 aromatic heterocycles. The molecular weight excluding hydrogens is 173 g/mol. The minimum Gasteiger partial charge on any atom is -0.371 e. The molecule has 0 aliphatic heterocycles. The van der Waals surface area contributed by atoms with Crippen molar-refractivity contribution in [3.05, 3.63) is 29.8 Å². The third kappa shape index (κ3) is 2.41. The highest BCUT2D eigenvalue weighted by Crippen LogP contribution is 2.18. The van der Waals surface area contributed by atoms with Crippen molar-refractivity contribution < 1.29 is 3.89 Å². The molecule has 1 N–H and O–H groups in total. The van der Waals surface area contributed by atoms with E-state index in [-0.39, 0.29) is 5.37 Å². The Bertz CT molecular complexity index is 252. The van der Waals surface area contributed by atoms with Crippen molar-refractivity contribution in [3.63, 3.8) is 0 Å². The predicted molar refractivity (Wildman–Crippen MR) is 53.0 cm³/mol. The van der Waals surface area contributed by atoms with Gasteiger partial charge in [-0.3, -0.25) is 0 Å². The maximum Gasteiger partial charge on any atom is 0.101 e. The van der Waals surface area contributed by atoms with Gasteiger partial charge in [0.15, 0.2) is 0 Å². The van der Waals surface area contributed by atoms with Gasteiger partial charge >= 0.3 is 0 Å². The Morgan fingerprint density at radius 3 is 2.67 bits per heavy atom. The minimum absolute atomic E-state index is 0.189. The van der Waals surface area contributed by atoms with Crippen LogP contribution in [0.15, 0.2) is 24.3 Å². The third-order valence-corrected chi connectivity index (χ3v) is 2.02. The van der Waals surface area contributed by atoms with Gasteiger partial charge in [0.25, 0.3) is 0 Å². The zero-order valence-electron chi connectivity index (χ0n) is 7.17. The summed E-state index contributed by atoms with van der Waals surface area (Å²) in [5, 5.41) is 2.86. The van der Waals surface area contributed by atoms with Gasteiger partial charge in [0, 0.05) is 5.69 Å². The van der Waals surface area contributed by atoms with Crippen LogP contribution in [-0.2, 0) is 0 Å². The van der Waals surface area contributed by atoms with Gasteiger partial charge in [-0.25, -0.2) is 0 Å². The van der Waals surface area contributed by atoms with Gasteiger partial charge in [0.05, 0.1) is 12.1 Å². The number of hydrogen-bond acceptors (Lipinski definition) is 2. The molecule has 1 atom stereocenters. The lowest BCUT2D eigenvalue weighted by Crippen LogP contribution is -2.09. The summed E-state index contributed by atoms with van der Waals surface area (Å²) in [7, 11) is 0. The summed E-state index contributed by atoms with van der Waals surface area (Å²) in [4.78, 5) is 0. The highest BCUT2D eigenvalue weighted by molar-refractivity contribution is 7.95. The van der Waals surface area contributed by atoms with Crippen LogP contribution in [0.25, 0.3) is 0 Å². The van der Waals surface area contributed by atoms with Crippen LogP contribution in [-0.4, -0.2) is 5.37 Å². The fourth-order valence-electron chi connectivity index (χ4n) is 0.976. The van der Waals surface area contributed by atoms with Crippen LogP contribution >= 0.6 is 12.1 Å². The van der Waals surface area contributed by atoms with E-state index >= 15 is 0 Å². The molecule has 0 saturated heterocycles. The smallest absolute Gasteiger partial charge is 0.101 e. The van der Waals surface area contributed by atoms with Gasteiger partial charge < -0.3 is 5.32 Å². The second-order valence-electron chi connectivity index (χ2n) is 2.69. The van der Waals surface area contributed by atoms with Crippen molar-refractivity contribution in [2.75, 3.05) is 5.32 Å². The molecule has 66 valence electrons. The first-order valence-corrected chi connectivity index (χ1v) is 4.61. The monoisotopic (exact) mass is 185 g/mol. The summed E-state index contributed by atoms with van der Waals surface area (Å²) >= 11 is 0.317. The van der Waals surface area contributed by atoms with E-state index in [2.05, 4.69) is 5.32 Å². The molecule has 0 saturated carbocycles. The molecule has 0 spiro atoms. The second-order valence-corrected chi connectivity index (χ2v) is 3.58. The summed E-state index contributed by atoms with van der Waals surface area (Å²) in [5.41, 5.74) is 2.13. The maximum absolute atomic E-state index is 12.1. The average Bonchev–Trinajstić information content (AvgIpc) is 2.09. The van der Waals surface area contributed by atoms with E-state index in [4.69, 9.17) is 0 Å². The molecule has 1 aromatic carbocycles. The van der Waals surface area contributed by atoms with Crippen molar-refractivity contribution in [2.24, 2.45) is 0 Å². The first-order valence-electron chi connectivity index (χ1n) is 3.83. The van der Waals surface area contributed by atoms with Gasteiger partial charge in [0.1, 0.15) is 5.37 Å². The van der Waals surface area contributed by atoms with Crippen LogP contribution in [0.2, 0.25) is 0 Å². The molecule has 12 heavy (non-hydrogen) atoms. The zero-order chi connectivity index (χ0) is 8.97. The molecular formula is C9H12FNS. The minimum atomic E-state index is -0.189. The molecule has 1 rings (SSSR count). The molecule has 0 amide bonds. The standard InChI is InChI=1S/C9H12FNS/c1-7-5-3-4-6-9(7)11-8(2)12-10/h3-6,8,11H,1-2H3. The number of aryl methyl sites for hydroxylation is 1. The fraction of sp³-hybridized carbons (Fsp3) is 0.333. The van der Waals surface area contributed by atoms with Crippen molar-refractivity contribution in [2.45, 2.75) is 19.2 Å². The summed E-state index contributed by atoms with van der Waals surface area (Å²) in [6.45, 7) is 3.79. The Morgan fingerprint density at radius 2 is 2.08 bits per heavy atom. The summed E-state index contributed by atoms with van der Waals surface area (Å²) in [5.74, 6) is 0. The molecule has 0 bridgehead atoms. The molecule has 1 unspecified atom stereocenters. The Morgan fingerprint density at radius 1 is 1.42 bits per heavy atom. The number of benzene rings is 1. The molecule has 0 aliphatic carbocycles. The lowest BCUT2D eigenvalue weighted by molar-refractivity contribution is 0.909. The quantitative estimate of drug-likeness (QED) is 0.724. The number of hydrogen-bond donors (Lipinski definition) is 1. The van der Waals surface area contributed by atoms with E-state index in [1.807, 2.05) is 31.2 Å². The number of para-hydroxylation sites is 1. The van der Waals surface area contributed by atoms with Crippen molar-refractivity contribution in [1.29, 1.82) is 0 Å². The number of nitrogens with one attached hydrogen (secondary N) is 1. The average molecular weight is 185 g/mol. The number of rotatable bonds is 3. The van der Waals surface area contributed by atoms with E-state index in [0.717, 1.165) is 11.3 Å². The van der Waals surface area contributed by atoms with E-state index in [1.54, 1.807) is 6.92 Å². The maximum atomic E-state index is 12.1. The van der Waals surface area contributed by atoms with Gasteiger partial charge in [-0.05, 0) is 25.5 Å². The number of halogens is 1. The Labute approximate surface area is 76.7 Å². The van der Waals surface area contributed by atoms with Crippen LogP contribution in [0.5, 0.6) is 0 Å². The lowest BCUT2D eigenvalue weighted by Gasteiger charge is -2.11. The summed E-state index contributed by atoms with van der Waals surface area (Å²) < 4.78 is 12.1. The van der Waals surface area contributed by atoms with Crippen molar-refractivity contribution in [1.82, 2.24) is 0 Å². The van der Waals surface area contributed by atoms with Gasteiger partial charge in [-0.1, -0.05) is 18.2 Å². The highest BCUT2D eigenvalue weighted by Gasteiger charge is 2.02. The molecule has 0 fully saturated rings. The van der Waals surface area contributed by atoms with Crippen molar-refractivity contribution in [3.8, 4) is 0 Å². The van der Waals surface area contributed by atoms with Crippen molar-refractivity contribution >= 4 is 17.8 Å². The van der Waals surface area contributed by atoms with Gasteiger partial charge in [-0.2, -0.15) is 3.89 Å². The zero-order valence-corrected chi connectivity index (χ0v) is 7.99. The molecule has 1 aromatic rings. The topological polar surface area (TPSA) is 12.0 Å². The first kappa shape index (κ1) is 9.39. The largest absolute Gasteiger partial charge is 0.371 e. The van der Waals surface area contributed by atoms with Gasteiger partial charge in [0.2, 0.25) is 0 Å². The van der Waals surface area contributed by atoms with Crippen LogP contribution in [0, 0.1) is 6.92 Å². The van der Waals surface area contributed by atoms with E-state index in [1.165, 1.54) is 0 Å². The molecule has 3 heteroatoms. The Kier molecular flexibility index (Phi) is 3.41. The van der Waals surface area contributed by atoms with Gasteiger partial charge in [-0.15, -0.1) is 0 Å². The van der Waals surface area contributed by atoms with Crippen LogP contribution in [0.1, 0.15) is 12.5 Å². The molecule has 0 aliphatic rings. The molecule has 0 radical (unpaired) electrons. The molecule has 1 nitrogen and oxygen atoms in total. The van der Waals surface area contributed by atoms with Crippen LogP contribution < -0.4 is 5.32 Å². The Balaban J connectivity index is 2.69. The van der Waals surface area contributed by atoms with E-state index < -0.39 is 0 Å². The fourth-order valence-corrected chi connectivity index (χ4v) is 1.15. The molecule has 0 heterocycles. The summed E-state index contributed by atoms with van der Waals surface area (Å²) in [6.07, 6.45) is 0. The lowest BCUT2D eigenvalue weighted by atomic mass is 10.2. The van der Waals surface area contributed by atoms with E-state index in [9.17, 15) is 3.89 Å². The Hall–Kier alpha value is -0.700. The second kappa shape index (κ2) is 4.36. The third-order valence-electron chi connectivity index (χ3n) is 1.64. The summed E-state index contributed by atoms with van der Waals surface area (Å²) in [6, 6.07) is 7.85. The SMILES string of the molecule is Cc1ccccc1NC(C)SF. The number of anilines is 1. The normalized spacial score (nSPS) is 12.6. The van der Waals surface area contributed by atoms with E-state index in [0.29, 0.717) is 12.1 Å². The highest BCUT2D eigenvalue weighted by atomic mass is 32.2. The first-order chi connectivity index (χ1) is 5.74. The van der Waals surface area contributed by atoms with Crippen LogP contribution in [0.4, 0.5) is 9.57 Å². The predicted octanol–water partition coefficient (Wildman–Crippen LogP) is 3.37. The van der Waals surface area contributed by atoms with Crippen LogP contribution in [0.3, 0.4) is 0 Å².